The number of halogens is 2. The van der Waals surface area contributed by atoms with Crippen LogP contribution in [-0.4, -0.2) is 51.9 Å². The van der Waals surface area contributed by atoms with Crippen LogP contribution >= 0.6 is 23.2 Å². The summed E-state index contributed by atoms with van der Waals surface area (Å²) in [7, 11) is -20.3. The molecule has 0 unspecified atom stereocenters. The van der Waals surface area contributed by atoms with Crippen LogP contribution in [0.1, 0.15) is 0 Å². The van der Waals surface area contributed by atoms with Crippen molar-refractivity contribution in [1.29, 1.82) is 0 Å². The fourth-order valence-electron chi connectivity index (χ4n) is 5.40. The molecule has 0 aliphatic rings. The third-order valence-corrected chi connectivity index (χ3v) is 12.1. The topological polar surface area (TPSA) is 330 Å². The van der Waals surface area contributed by atoms with E-state index in [0.717, 1.165) is 48.5 Å². The Hall–Kier alpha value is -5.14. The number of fused-ring (bicyclic) bond motifs is 2. The minimum atomic E-state index is -5.19. The van der Waals surface area contributed by atoms with Crippen molar-refractivity contribution in [3.05, 3.63) is 95.0 Å². The fourth-order valence-corrected chi connectivity index (χ4v) is 8.12. The molecule has 0 bridgehead atoms. The number of nitrogen functional groups attached to an aromatic ring is 2. The summed E-state index contributed by atoms with van der Waals surface area (Å²) in [6, 6.07) is 16.4. The van der Waals surface area contributed by atoms with Crippen molar-refractivity contribution < 1.29 is 51.9 Å². The molecular weight excluding hydrogens is 860 g/mol. The van der Waals surface area contributed by atoms with E-state index in [1.165, 1.54) is 24.3 Å². The lowest BCUT2D eigenvalue weighted by Gasteiger charge is -2.15. The van der Waals surface area contributed by atoms with Gasteiger partial charge in [-0.15, -0.1) is 20.5 Å². The number of nitrogens with zero attached hydrogens (tertiary/aromatic N) is 4. The average Bonchev–Trinajstić information content (AvgIpc) is 3.09. The molecule has 0 spiro atoms. The van der Waals surface area contributed by atoms with Crippen molar-refractivity contribution in [3.8, 4) is 11.1 Å². The summed E-state index contributed by atoms with van der Waals surface area (Å²) in [5.74, 6) is 0. The average molecular weight is 878 g/mol. The summed E-state index contributed by atoms with van der Waals surface area (Å²) in [5, 5.41) is 16.0. The van der Waals surface area contributed by atoms with Crippen LogP contribution in [0.15, 0.2) is 125 Å². The highest BCUT2D eigenvalue weighted by Crippen LogP contribution is 2.42. The van der Waals surface area contributed by atoms with E-state index in [2.05, 4.69) is 20.5 Å². The van der Waals surface area contributed by atoms with Crippen molar-refractivity contribution in [2.45, 2.75) is 19.6 Å². The summed E-state index contributed by atoms with van der Waals surface area (Å²) in [4.78, 5) is -3.23. The molecule has 56 heavy (non-hydrogen) atoms. The summed E-state index contributed by atoms with van der Waals surface area (Å²) in [6.45, 7) is 0. The third-order valence-electron chi connectivity index (χ3n) is 8.03. The molecule has 0 atom stereocenters. The van der Waals surface area contributed by atoms with Gasteiger partial charge in [-0.25, -0.2) is 33.7 Å². The van der Waals surface area contributed by atoms with E-state index in [-0.39, 0.29) is 54.3 Å². The molecule has 290 valence electrons. The highest BCUT2D eigenvalue weighted by Gasteiger charge is 2.19. The van der Waals surface area contributed by atoms with Gasteiger partial charge in [0.1, 0.15) is 63.2 Å². The number of hydrogen-bond donors (Lipinski definition) is 2. The van der Waals surface area contributed by atoms with Crippen molar-refractivity contribution in [2.24, 2.45) is 20.5 Å². The van der Waals surface area contributed by atoms with Gasteiger partial charge in [-0.2, -0.15) is 0 Å². The lowest BCUT2D eigenvalue weighted by Crippen LogP contribution is -2.04. The predicted octanol–water partition coefficient (Wildman–Crippen LogP) is 6.58. The molecule has 0 amide bonds. The predicted molar refractivity (Wildman–Crippen MR) is 199 cm³/mol. The largest absolute Gasteiger partial charge is 0.744 e. The van der Waals surface area contributed by atoms with Crippen molar-refractivity contribution in [1.82, 2.24) is 0 Å². The molecule has 0 saturated carbocycles. The Bertz CT molecular complexity index is 2990. The van der Waals surface area contributed by atoms with Crippen molar-refractivity contribution in [2.75, 3.05) is 11.5 Å². The second kappa shape index (κ2) is 14.4. The Kier molecular flexibility index (Phi) is 10.4. The van der Waals surface area contributed by atoms with E-state index in [1.807, 2.05) is 0 Å². The zero-order valence-corrected chi connectivity index (χ0v) is 32.1. The molecule has 0 aliphatic carbocycles. The zero-order chi connectivity index (χ0) is 41.1. The van der Waals surface area contributed by atoms with Gasteiger partial charge in [-0.3, -0.25) is 0 Å². The third kappa shape index (κ3) is 8.20. The van der Waals surface area contributed by atoms with Gasteiger partial charge in [-0.1, -0.05) is 47.5 Å². The van der Waals surface area contributed by atoms with Crippen LogP contribution in [0.25, 0.3) is 32.7 Å². The molecule has 0 heterocycles. The van der Waals surface area contributed by atoms with Crippen molar-refractivity contribution in [3.63, 3.8) is 0 Å². The smallest absolute Gasteiger partial charge is 0.126 e. The first kappa shape index (κ1) is 40.5. The number of benzene rings is 6. The Morgan fingerprint density at radius 1 is 0.446 bits per heavy atom. The first-order valence-electron chi connectivity index (χ1n) is 14.9. The number of nitrogens with two attached hydrogens (primary N) is 2. The Morgan fingerprint density at radius 3 is 1.11 bits per heavy atom. The van der Waals surface area contributed by atoms with Gasteiger partial charge in [0.15, 0.2) is 0 Å². The van der Waals surface area contributed by atoms with E-state index in [9.17, 15) is 51.9 Å². The second-order valence-corrected chi connectivity index (χ2v) is 17.9. The molecule has 0 aliphatic heterocycles. The summed E-state index contributed by atoms with van der Waals surface area (Å²) >= 11 is 13.0. The van der Waals surface area contributed by atoms with E-state index in [1.54, 1.807) is 12.1 Å². The molecular formula is C32H18Cl2N6O12S4-4. The molecule has 6 rings (SSSR count). The molecule has 4 N–H and O–H groups in total. The normalized spacial score (nSPS) is 13.0. The highest BCUT2D eigenvalue weighted by atomic mass is 35.5. The van der Waals surface area contributed by atoms with Gasteiger partial charge in [-0.05, 0) is 82.6 Å². The second-order valence-electron chi connectivity index (χ2n) is 11.6. The standard InChI is InChI=1S/C32H22Cl2N6O12S4/c33-23-11-15(1-7-25(23)37-39-31-21-5-3-19(53(41,42)43)9-17(21)13-27(29(31)35)55(47,48)49)16-2-8-26(24(34)12-16)38-40-32-22-6-4-20(54(44,45)46)10-18(22)14-28(30(32)36)56(50,51)52/h1-14H,35-36H2,(H,41,42,43)(H,44,45,46)(H,47,48,49)(H,50,51,52)/p-4. The van der Waals surface area contributed by atoms with Crippen LogP contribution in [0.4, 0.5) is 34.1 Å². The van der Waals surface area contributed by atoms with E-state index in [4.69, 9.17) is 34.7 Å². The summed E-state index contributed by atoms with van der Waals surface area (Å²) in [5.41, 5.74) is 11.2. The van der Waals surface area contributed by atoms with Crippen molar-refractivity contribution >= 4 is 119 Å². The molecule has 0 radical (unpaired) electrons. The van der Waals surface area contributed by atoms with Crippen LogP contribution in [0, 0.1) is 0 Å². The highest BCUT2D eigenvalue weighted by molar-refractivity contribution is 7.86. The van der Waals surface area contributed by atoms with Crippen LogP contribution in [-0.2, 0) is 40.5 Å². The van der Waals surface area contributed by atoms with Crippen LogP contribution < -0.4 is 11.5 Å². The quantitative estimate of drug-likeness (QED) is 0.0880. The van der Waals surface area contributed by atoms with Gasteiger partial charge >= 0.3 is 0 Å². The van der Waals surface area contributed by atoms with Gasteiger partial charge in [0.05, 0.1) is 41.0 Å². The van der Waals surface area contributed by atoms with Gasteiger partial charge in [0.25, 0.3) is 0 Å². The SMILES string of the molecule is Nc1c(S(=O)(=O)[O-])cc2cc(S(=O)(=O)[O-])ccc2c1N=Nc1ccc(-c2ccc(N=Nc3c(N)c(S(=O)(=O)[O-])cc4cc(S(=O)(=O)[O-])ccc34)c(Cl)c2)cc1Cl. The Labute approximate surface area is 327 Å². The maximum Gasteiger partial charge on any atom is 0.126 e. The number of azo groups is 2. The fraction of sp³-hybridized carbons (Fsp3) is 0. The lowest BCUT2D eigenvalue weighted by atomic mass is 10.0. The minimum Gasteiger partial charge on any atom is -0.744 e. The molecule has 0 saturated heterocycles. The maximum atomic E-state index is 11.9. The van der Waals surface area contributed by atoms with Crippen LogP contribution in [0.3, 0.4) is 0 Å². The van der Waals surface area contributed by atoms with E-state index in [0.29, 0.717) is 11.1 Å². The van der Waals surface area contributed by atoms with Crippen LogP contribution in [0.2, 0.25) is 10.0 Å². The monoisotopic (exact) mass is 876 g/mol. The lowest BCUT2D eigenvalue weighted by molar-refractivity contribution is 0.461. The molecule has 6 aromatic carbocycles. The first-order chi connectivity index (χ1) is 25.9. The zero-order valence-electron chi connectivity index (χ0n) is 27.3. The first-order valence-corrected chi connectivity index (χ1v) is 21.3. The molecule has 0 fully saturated rings. The number of rotatable bonds is 9. The molecule has 18 nitrogen and oxygen atoms in total. The number of anilines is 2. The van der Waals surface area contributed by atoms with E-state index < -0.39 is 71.4 Å². The maximum absolute atomic E-state index is 11.9. The van der Waals surface area contributed by atoms with Gasteiger partial charge < -0.3 is 29.7 Å². The van der Waals surface area contributed by atoms with Gasteiger partial charge in [0.2, 0.25) is 0 Å². The van der Waals surface area contributed by atoms with E-state index >= 15 is 0 Å². The molecule has 6 aromatic rings. The van der Waals surface area contributed by atoms with Crippen LogP contribution in [0.5, 0.6) is 0 Å². The summed E-state index contributed by atoms with van der Waals surface area (Å²) < 4.78 is 141. The summed E-state index contributed by atoms with van der Waals surface area (Å²) in [6.07, 6.45) is 0. The molecule has 24 heteroatoms. The number of hydrogen-bond acceptors (Lipinski definition) is 18. The Morgan fingerprint density at radius 2 is 0.804 bits per heavy atom. The minimum absolute atomic E-state index is 0.0184. The van der Waals surface area contributed by atoms with Gasteiger partial charge in [0, 0.05) is 10.8 Å². The Balaban J connectivity index is 1.33. The molecule has 0 aromatic heterocycles.